The highest BCUT2D eigenvalue weighted by Crippen LogP contribution is 2.24. The Labute approximate surface area is 161 Å². The van der Waals surface area contributed by atoms with Gasteiger partial charge in [0, 0.05) is 11.6 Å². The zero-order valence-corrected chi connectivity index (χ0v) is 16.9. The molecule has 0 spiro atoms. The summed E-state index contributed by atoms with van der Waals surface area (Å²) < 4.78 is 27.1. The molecule has 2 aliphatic rings. The molecule has 148 valence electrons. The third-order valence-corrected chi connectivity index (χ3v) is 6.68. The Hall–Kier alpha value is -1.89. The number of nitrogens with zero attached hydrogens (tertiary/aromatic N) is 1. The number of benzene rings is 1. The predicted octanol–water partition coefficient (Wildman–Crippen LogP) is 2.98. The van der Waals surface area contributed by atoms with Crippen LogP contribution in [0.15, 0.2) is 34.2 Å². The molecule has 1 aromatic rings. The average Bonchev–Trinajstić information content (AvgIpc) is 2.85. The Morgan fingerprint density at radius 1 is 1.11 bits per heavy atom. The van der Waals surface area contributed by atoms with Crippen molar-refractivity contribution >= 4 is 21.8 Å². The molecule has 1 fully saturated rings. The maximum Gasteiger partial charge on any atom is 0.263 e. The van der Waals surface area contributed by atoms with Crippen LogP contribution in [-0.4, -0.2) is 32.2 Å². The topological polar surface area (TPSA) is 87.6 Å². The van der Waals surface area contributed by atoms with E-state index in [4.69, 9.17) is 0 Å². The molecule has 3 rings (SSSR count). The van der Waals surface area contributed by atoms with E-state index < -0.39 is 16.1 Å². The monoisotopic (exact) mass is 391 g/mol. The molecule has 0 unspecified atom stereocenters. The molecule has 0 bridgehead atoms. The first-order valence-corrected chi connectivity index (χ1v) is 11.4. The molecule has 0 radical (unpaired) electrons. The first-order chi connectivity index (χ1) is 12.9. The number of carbonyl (C=O) groups is 1. The minimum atomic E-state index is -3.60. The normalized spacial score (nSPS) is 22.6. The number of amides is 1. The van der Waals surface area contributed by atoms with Crippen molar-refractivity contribution in [2.24, 2.45) is 10.9 Å². The lowest BCUT2D eigenvalue weighted by Gasteiger charge is -2.24. The summed E-state index contributed by atoms with van der Waals surface area (Å²) in [5, 5.41) is 3.16. The molecule has 1 amide bonds. The van der Waals surface area contributed by atoms with Crippen molar-refractivity contribution in [2.45, 2.75) is 75.8 Å². The van der Waals surface area contributed by atoms with Crippen molar-refractivity contribution in [1.29, 1.82) is 0 Å². The lowest BCUT2D eigenvalue weighted by Crippen LogP contribution is -2.43. The van der Waals surface area contributed by atoms with E-state index in [9.17, 15) is 13.2 Å². The average molecular weight is 392 g/mol. The zero-order chi connectivity index (χ0) is 19.4. The maximum absolute atomic E-state index is 12.9. The standard InChI is InChI=1S/C20H29N3O3S/c1-14(2)18(20(24)21-15-10-6-4-3-5-7-11-15)22-19-16-12-8-9-13-17(16)27(25,26)23-19/h8-9,12-15,18H,3-7,10-11H2,1-2H3,(H,21,24)(H,22,23)/t18-/m0/s1. The van der Waals surface area contributed by atoms with Crippen molar-refractivity contribution in [3.05, 3.63) is 29.8 Å². The number of nitrogens with one attached hydrogen (secondary N) is 2. The van der Waals surface area contributed by atoms with Crippen molar-refractivity contribution in [3.8, 4) is 0 Å². The predicted molar refractivity (Wildman–Crippen MR) is 106 cm³/mol. The van der Waals surface area contributed by atoms with Gasteiger partial charge in [-0.05, 0) is 30.9 Å². The Morgan fingerprint density at radius 3 is 2.41 bits per heavy atom. The van der Waals surface area contributed by atoms with Gasteiger partial charge in [-0.25, -0.2) is 8.42 Å². The van der Waals surface area contributed by atoms with Crippen LogP contribution in [0.1, 0.15) is 64.4 Å². The molecule has 27 heavy (non-hydrogen) atoms. The fourth-order valence-corrected chi connectivity index (χ4v) is 5.01. The molecular weight excluding hydrogens is 362 g/mol. The number of hydrogen-bond donors (Lipinski definition) is 2. The van der Waals surface area contributed by atoms with E-state index in [1.165, 1.54) is 19.3 Å². The van der Waals surface area contributed by atoms with Crippen LogP contribution < -0.4 is 10.0 Å². The quantitative estimate of drug-likeness (QED) is 0.827. The summed E-state index contributed by atoms with van der Waals surface area (Å²) in [6.07, 6.45) is 8.01. The molecule has 0 saturated heterocycles. The number of carbonyl (C=O) groups excluding carboxylic acids is 1. The van der Waals surface area contributed by atoms with E-state index in [2.05, 4.69) is 15.0 Å². The van der Waals surface area contributed by atoms with Gasteiger partial charge in [0.1, 0.15) is 11.9 Å². The number of aliphatic imine (C=N–C) groups is 1. The molecule has 2 N–H and O–H groups in total. The number of amidine groups is 1. The molecule has 1 heterocycles. The van der Waals surface area contributed by atoms with Gasteiger partial charge in [0.05, 0.1) is 4.90 Å². The largest absolute Gasteiger partial charge is 0.352 e. The number of rotatable bonds is 4. The Kier molecular flexibility index (Phi) is 6.19. The summed E-state index contributed by atoms with van der Waals surface area (Å²) in [6.45, 7) is 3.86. The summed E-state index contributed by atoms with van der Waals surface area (Å²) in [5.41, 5.74) is 0.530. The van der Waals surface area contributed by atoms with Crippen molar-refractivity contribution < 1.29 is 13.2 Å². The highest BCUT2D eigenvalue weighted by atomic mass is 32.2. The van der Waals surface area contributed by atoms with Crippen LogP contribution in [0.5, 0.6) is 0 Å². The van der Waals surface area contributed by atoms with E-state index in [0.29, 0.717) is 5.56 Å². The Morgan fingerprint density at radius 2 is 1.74 bits per heavy atom. The molecule has 7 heteroatoms. The van der Waals surface area contributed by atoms with Gasteiger partial charge in [0.2, 0.25) is 5.91 Å². The third-order valence-electron chi connectivity index (χ3n) is 5.28. The van der Waals surface area contributed by atoms with E-state index in [1.807, 2.05) is 13.8 Å². The Balaban J connectivity index is 1.80. The summed E-state index contributed by atoms with van der Waals surface area (Å²) in [6, 6.07) is 6.29. The molecule has 1 aliphatic heterocycles. The minimum Gasteiger partial charge on any atom is -0.352 e. The van der Waals surface area contributed by atoms with Gasteiger partial charge < -0.3 is 5.32 Å². The van der Waals surface area contributed by atoms with Crippen molar-refractivity contribution in [2.75, 3.05) is 0 Å². The van der Waals surface area contributed by atoms with Crippen LogP contribution in [0.4, 0.5) is 0 Å². The maximum atomic E-state index is 12.9. The second-order valence-electron chi connectivity index (χ2n) is 7.82. The van der Waals surface area contributed by atoms with E-state index >= 15 is 0 Å². The highest BCUT2D eigenvalue weighted by Gasteiger charge is 2.33. The lowest BCUT2D eigenvalue weighted by atomic mass is 9.96. The summed E-state index contributed by atoms with van der Waals surface area (Å²) in [5.74, 6) is 0.104. The van der Waals surface area contributed by atoms with E-state index in [0.717, 1.165) is 25.7 Å². The molecular formula is C20H29N3O3S. The summed E-state index contributed by atoms with van der Waals surface area (Å²) in [4.78, 5) is 17.7. The first-order valence-electron chi connectivity index (χ1n) is 9.89. The molecule has 1 aliphatic carbocycles. The van der Waals surface area contributed by atoms with Gasteiger partial charge in [-0.1, -0.05) is 58.1 Å². The highest BCUT2D eigenvalue weighted by molar-refractivity contribution is 7.90. The molecule has 1 atom stereocenters. The van der Waals surface area contributed by atoms with Gasteiger partial charge in [-0.3, -0.25) is 14.5 Å². The van der Waals surface area contributed by atoms with Gasteiger partial charge in [0.25, 0.3) is 10.0 Å². The van der Waals surface area contributed by atoms with Gasteiger partial charge in [-0.2, -0.15) is 0 Å². The third kappa shape index (κ3) is 4.69. The lowest BCUT2D eigenvalue weighted by molar-refractivity contribution is -0.124. The van der Waals surface area contributed by atoms with E-state index in [1.54, 1.807) is 24.3 Å². The van der Waals surface area contributed by atoms with Crippen LogP contribution in [-0.2, 0) is 14.8 Å². The van der Waals surface area contributed by atoms with Crippen LogP contribution in [0.25, 0.3) is 0 Å². The minimum absolute atomic E-state index is 0.0386. The van der Waals surface area contributed by atoms with Gasteiger partial charge >= 0.3 is 0 Å². The van der Waals surface area contributed by atoms with Gasteiger partial charge in [0.15, 0.2) is 0 Å². The summed E-state index contributed by atoms with van der Waals surface area (Å²) in [7, 11) is -3.60. The van der Waals surface area contributed by atoms with Crippen molar-refractivity contribution in [1.82, 2.24) is 10.0 Å². The molecule has 1 aromatic carbocycles. The van der Waals surface area contributed by atoms with Gasteiger partial charge in [-0.15, -0.1) is 0 Å². The number of sulfonamides is 1. The van der Waals surface area contributed by atoms with E-state index in [-0.39, 0.29) is 28.6 Å². The summed E-state index contributed by atoms with van der Waals surface area (Å²) >= 11 is 0. The number of fused-ring (bicyclic) bond motifs is 1. The second-order valence-corrected chi connectivity index (χ2v) is 9.47. The van der Waals surface area contributed by atoms with Crippen LogP contribution in [0.3, 0.4) is 0 Å². The molecule has 1 saturated carbocycles. The SMILES string of the molecule is CC(C)[C@H](N=C1NS(=O)(=O)c2ccccc21)C(=O)NC1CCCCCCC1. The van der Waals surface area contributed by atoms with Crippen LogP contribution in [0, 0.1) is 5.92 Å². The fourth-order valence-electron chi connectivity index (χ4n) is 3.77. The number of hydrogen-bond acceptors (Lipinski definition) is 4. The molecule has 6 nitrogen and oxygen atoms in total. The smallest absolute Gasteiger partial charge is 0.263 e. The first kappa shape index (κ1) is 19.9. The molecule has 0 aromatic heterocycles. The fraction of sp³-hybridized carbons (Fsp3) is 0.600. The Bertz CT molecular complexity index is 810. The second kappa shape index (κ2) is 8.42. The van der Waals surface area contributed by atoms with Crippen molar-refractivity contribution in [3.63, 3.8) is 0 Å². The zero-order valence-electron chi connectivity index (χ0n) is 16.1. The van der Waals surface area contributed by atoms with Crippen LogP contribution >= 0.6 is 0 Å². The van der Waals surface area contributed by atoms with Crippen LogP contribution in [0.2, 0.25) is 0 Å².